The molecule has 0 bridgehead atoms. The Morgan fingerprint density at radius 3 is 2.07 bits per heavy atom. The summed E-state index contributed by atoms with van der Waals surface area (Å²) in [5.41, 5.74) is 9.68. The van der Waals surface area contributed by atoms with Crippen molar-refractivity contribution in [2.45, 2.75) is 12.8 Å². The second kappa shape index (κ2) is 9.58. The van der Waals surface area contributed by atoms with E-state index in [1.54, 1.807) is 0 Å². The van der Waals surface area contributed by atoms with Gasteiger partial charge in [0, 0.05) is 17.4 Å². The summed E-state index contributed by atoms with van der Waals surface area (Å²) in [6, 6.07) is 48.7. The highest BCUT2D eigenvalue weighted by atomic mass is 16.3. The average Bonchev–Trinajstić information content (AvgIpc) is 3.46. The second-order valence-corrected chi connectivity index (χ2v) is 11.5. The number of allylic oxidation sites excluding steroid dienone is 1. The summed E-state index contributed by atoms with van der Waals surface area (Å²) in [7, 11) is 0. The number of hydrogen-bond acceptors (Lipinski definition) is 1. The van der Waals surface area contributed by atoms with E-state index >= 15 is 0 Å². The number of benzene rings is 7. The molecule has 0 N–H and O–H groups in total. The average molecular weight is 549 g/mol. The van der Waals surface area contributed by atoms with E-state index in [1.165, 1.54) is 76.6 Å². The SMILES string of the molecule is C1=Cc2c(oc3cccc(-c4c5ccccc5c(-c5ccccc5)c5cc(-c6cccc7ccccc67)ccc45)c23)CC1. The van der Waals surface area contributed by atoms with Gasteiger partial charge in [-0.1, -0.05) is 133 Å². The molecule has 9 rings (SSSR count). The summed E-state index contributed by atoms with van der Waals surface area (Å²) in [5, 5.41) is 8.77. The predicted molar refractivity (Wildman–Crippen MR) is 182 cm³/mol. The van der Waals surface area contributed by atoms with Gasteiger partial charge in [0.05, 0.1) is 0 Å². The molecule has 0 radical (unpaired) electrons. The molecule has 0 saturated heterocycles. The van der Waals surface area contributed by atoms with Crippen molar-refractivity contribution < 1.29 is 4.42 Å². The van der Waals surface area contributed by atoms with Crippen molar-refractivity contribution in [3.8, 4) is 33.4 Å². The molecule has 202 valence electrons. The number of rotatable bonds is 3. The smallest absolute Gasteiger partial charge is 0.135 e. The van der Waals surface area contributed by atoms with Gasteiger partial charge in [-0.05, 0) is 84.3 Å². The van der Waals surface area contributed by atoms with Crippen LogP contribution in [0.4, 0.5) is 0 Å². The molecule has 0 atom stereocenters. The normalized spacial score (nSPS) is 12.8. The van der Waals surface area contributed by atoms with Crippen LogP contribution in [0.2, 0.25) is 0 Å². The summed E-state index contributed by atoms with van der Waals surface area (Å²) in [4.78, 5) is 0. The monoisotopic (exact) mass is 548 g/mol. The van der Waals surface area contributed by atoms with Crippen LogP contribution in [0.5, 0.6) is 0 Å². The summed E-state index contributed by atoms with van der Waals surface area (Å²) in [5.74, 6) is 1.10. The molecular weight excluding hydrogens is 520 g/mol. The minimum Gasteiger partial charge on any atom is -0.460 e. The molecule has 0 aliphatic heterocycles. The van der Waals surface area contributed by atoms with Crippen molar-refractivity contribution in [3.63, 3.8) is 0 Å². The Morgan fingerprint density at radius 2 is 1.19 bits per heavy atom. The van der Waals surface area contributed by atoms with E-state index in [0.29, 0.717) is 0 Å². The van der Waals surface area contributed by atoms with Crippen LogP contribution in [0, 0.1) is 0 Å². The first kappa shape index (κ1) is 24.2. The van der Waals surface area contributed by atoms with Gasteiger partial charge in [0.15, 0.2) is 0 Å². The minimum absolute atomic E-state index is 0.947. The van der Waals surface area contributed by atoms with Crippen molar-refractivity contribution >= 4 is 49.4 Å². The fourth-order valence-corrected chi connectivity index (χ4v) is 7.24. The molecule has 43 heavy (non-hydrogen) atoms. The first-order chi connectivity index (χ1) is 21.3. The van der Waals surface area contributed by atoms with E-state index in [0.717, 1.165) is 24.2 Å². The molecule has 0 saturated carbocycles. The molecule has 0 spiro atoms. The Bertz CT molecular complexity index is 2380. The summed E-state index contributed by atoms with van der Waals surface area (Å²) >= 11 is 0. The predicted octanol–water partition coefficient (Wildman–Crippen LogP) is 11.9. The third-order valence-electron chi connectivity index (χ3n) is 9.11. The Morgan fingerprint density at radius 1 is 0.488 bits per heavy atom. The van der Waals surface area contributed by atoms with Crippen molar-refractivity contribution in [3.05, 3.63) is 151 Å². The van der Waals surface area contributed by atoms with Gasteiger partial charge >= 0.3 is 0 Å². The number of furan rings is 1. The van der Waals surface area contributed by atoms with Crippen molar-refractivity contribution in [1.82, 2.24) is 0 Å². The summed E-state index contributed by atoms with van der Waals surface area (Å²) in [6.45, 7) is 0. The zero-order valence-electron chi connectivity index (χ0n) is 23.7. The van der Waals surface area contributed by atoms with Gasteiger partial charge in [0.1, 0.15) is 11.3 Å². The topological polar surface area (TPSA) is 13.1 Å². The fraction of sp³-hybridized carbons (Fsp3) is 0.0476. The summed E-state index contributed by atoms with van der Waals surface area (Å²) in [6.07, 6.45) is 6.51. The highest BCUT2D eigenvalue weighted by Crippen LogP contribution is 2.48. The van der Waals surface area contributed by atoms with Gasteiger partial charge < -0.3 is 4.42 Å². The van der Waals surface area contributed by atoms with Crippen molar-refractivity contribution in [2.75, 3.05) is 0 Å². The third-order valence-corrected chi connectivity index (χ3v) is 9.11. The van der Waals surface area contributed by atoms with Gasteiger partial charge in [-0.25, -0.2) is 0 Å². The quantitative estimate of drug-likeness (QED) is 0.200. The van der Waals surface area contributed by atoms with Crippen LogP contribution in [0.1, 0.15) is 17.7 Å². The van der Waals surface area contributed by atoms with Crippen LogP contribution >= 0.6 is 0 Å². The zero-order chi connectivity index (χ0) is 28.3. The molecule has 0 fully saturated rings. The molecule has 1 heterocycles. The lowest BCUT2D eigenvalue weighted by atomic mass is 9.83. The van der Waals surface area contributed by atoms with E-state index in [9.17, 15) is 0 Å². The Balaban J connectivity index is 1.44. The molecule has 8 aromatic rings. The van der Waals surface area contributed by atoms with Crippen molar-refractivity contribution in [2.24, 2.45) is 0 Å². The fourth-order valence-electron chi connectivity index (χ4n) is 7.24. The van der Waals surface area contributed by atoms with Gasteiger partial charge in [0.2, 0.25) is 0 Å². The van der Waals surface area contributed by atoms with E-state index in [1.807, 2.05) is 0 Å². The molecule has 1 aliphatic carbocycles. The Hall–Kier alpha value is -5.40. The maximum Gasteiger partial charge on any atom is 0.135 e. The van der Waals surface area contributed by atoms with Crippen LogP contribution in [-0.4, -0.2) is 0 Å². The molecule has 0 amide bonds. The van der Waals surface area contributed by atoms with Gasteiger partial charge in [-0.3, -0.25) is 0 Å². The molecule has 0 unspecified atom stereocenters. The van der Waals surface area contributed by atoms with E-state index in [2.05, 4.69) is 146 Å². The van der Waals surface area contributed by atoms with Crippen molar-refractivity contribution in [1.29, 1.82) is 0 Å². The molecular formula is C42H28O. The maximum atomic E-state index is 6.44. The lowest BCUT2D eigenvalue weighted by Gasteiger charge is -2.19. The van der Waals surface area contributed by atoms with E-state index < -0.39 is 0 Å². The maximum absolute atomic E-state index is 6.44. The summed E-state index contributed by atoms with van der Waals surface area (Å²) < 4.78 is 6.44. The number of fused-ring (bicyclic) bond motifs is 6. The molecule has 7 aromatic carbocycles. The van der Waals surface area contributed by atoms with Gasteiger partial charge in [0.25, 0.3) is 0 Å². The highest BCUT2D eigenvalue weighted by molar-refractivity contribution is 6.24. The second-order valence-electron chi connectivity index (χ2n) is 11.5. The van der Waals surface area contributed by atoms with E-state index in [-0.39, 0.29) is 0 Å². The van der Waals surface area contributed by atoms with Gasteiger partial charge in [-0.15, -0.1) is 0 Å². The van der Waals surface area contributed by atoms with Gasteiger partial charge in [-0.2, -0.15) is 0 Å². The van der Waals surface area contributed by atoms with E-state index in [4.69, 9.17) is 4.42 Å². The molecule has 1 aliphatic rings. The minimum atomic E-state index is 0.947. The lowest BCUT2D eigenvalue weighted by molar-refractivity contribution is 0.546. The third kappa shape index (κ3) is 3.72. The first-order valence-electron chi connectivity index (χ1n) is 15.1. The highest BCUT2D eigenvalue weighted by Gasteiger charge is 2.22. The molecule has 1 nitrogen and oxygen atoms in total. The van der Waals surface area contributed by atoms with Crippen LogP contribution < -0.4 is 0 Å². The lowest BCUT2D eigenvalue weighted by Crippen LogP contribution is -1.93. The number of hydrogen-bond donors (Lipinski definition) is 0. The largest absolute Gasteiger partial charge is 0.460 e. The standard InChI is InChI=1S/C42H28O/c1-2-13-28(14-3-1)40-32-17-6-7-18-33(32)41(36-21-11-23-39-42(36)35-19-8-9-22-38(35)43-39)34-25-24-29(26-37(34)40)31-20-10-15-27-12-4-5-16-30(27)31/h1-8,10-21,23-26H,9,22H2. The van der Waals surface area contributed by atoms with Crippen LogP contribution in [0.25, 0.3) is 82.7 Å². The Kier molecular flexibility index (Phi) is 5.39. The number of aryl methyl sites for hydroxylation is 1. The molecule has 1 heteroatoms. The zero-order valence-corrected chi connectivity index (χ0v) is 23.7. The first-order valence-corrected chi connectivity index (χ1v) is 15.1. The van der Waals surface area contributed by atoms with Crippen LogP contribution in [0.15, 0.2) is 144 Å². The van der Waals surface area contributed by atoms with Crippen LogP contribution in [0.3, 0.4) is 0 Å². The van der Waals surface area contributed by atoms with Crippen LogP contribution in [-0.2, 0) is 6.42 Å². The molecule has 1 aromatic heterocycles. The Labute approximate surface area is 250 Å².